The number of hydrogen-bond donors (Lipinski definition) is 1. The number of hydrogen-bond acceptors (Lipinski definition) is 2. The second-order valence-electron chi connectivity index (χ2n) is 2.87. The first-order valence-corrected chi connectivity index (χ1v) is 3.49. The van der Waals surface area contributed by atoms with Crippen molar-refractivity contribution in [3.8, 4) is 0 Å². The number of carboxylic acid groups (broad SMARTS) is 1. The normalized spacial score (nSPS) is 32.5. The first-order chi connectivity index (χ1) is 4.70. The molecule has 58 valence electrons. The molecule has 0 saturated carbocycles. The molecule has 0 spiro atoms. The highest BCUT2D eigenvalue weighted by Crippen LogP contribution is 2.22. The maximum Gasteiger partial charge on any atom is 0.303 e. The zero-order valence-electron chi connectivity index (χ0n) is 6.04. The van der Waals surface area contributed by atoms with Crippen LogP contribution in [-0.4, -0.2) is 24.3 Å². The van der Waals surface area contributed by atoms with Crippen LogP contribution in [0.2, 0.25) is 0 Å². The number of carbonyl (C=O) groups is 1. The van der Waals surface area contributed by atoms with Crippen molar-refractivity contribution < 1.29 is 14.6 Å². The Labute approximate surface area is 60.0 Å². The van der Waals surface area contributed by atoms with E-state index in [1.807, 2.05) is 6.92 Å². The van der Waals surface area contributed by atoms with Crippen LogP contribution in [-0.2, 0) is 9.53 Å². The second-order valence-corrected chi connectivity index (χ2v) is 2.87. The molecule has 10 heavy (non-hydrogen) atoms. The summed E-state index contributed by atoms with van der Waals surface area (Å²) in [5, 5.41) is 8.44. The summed E-state index contributed by atoms with van der Waals surface area (Å²) >= 11 is 0. The molecule has 0 aliphatic carbocycles. The van der Waals surface area contributed by atoms with E-state index in [4.69, 9.17) is 9.84 Å². The summed E-state index contributed by atoms with van der Waals surface area (Å²) in [7, 11) is 0. The molecule has 0 radical (unpaired) electrons. The highest BCUT2D eigenvalue weighted by Gasteiger charge is 2.25. The van der Waals surface area contributed by atoms with Crippen LogP contribution in [0.4, 0.5) is 0 Å². The highest BCUT2D eigenvalue weighted by molar-refractivity contribution is 5.67. The van der Waals surface area contributed by atoms with Gasteiger partial charge in [0.25, 0.3) is 0 Å². The van der Waals surface area contributed by atoms with Gasteiger partial charge in [-0.15, -0.1) is 0 Å². The zero-order valence-corrected chi connectivity index (χ0v) is 6.04. The second kappa shape index (κ2) is 3.01. The molecule has 2 atom stereocenters. The topological polar surface area (TPSA) is 46.5 Å². The molecule has 1 saturated heterocycles. The summed E-state index contributed by atoms with van der Waals surface area (Å²) in [5.41, 5.74) is 0. The smallest absolute Gasteiger partial charge is 0.303 e. The Balaban J connectivity index is 2.33. The van der Waals surface area contributed by atoms with Crippen molar-refractivity contribution in [3.05, 3.63) is 0 Å². The fourth-order valence-electron chi connectivity index (χ4n) is 1.19. The first-order valence-electron chi connectivity index (χ1n) is 3.49. The van der Waals surface area contributed by atoms with Crippen molar-refractivity contribution in [2.45, 2.75) is 13.3 Å². The lowest BCUT2D eigenvalue weighted by Gasteiger charge is -2.08. The minimum Gasteiger partial charge on any atom is -0.481 e. The predicted molar refractivity (Wildman–Crippen MR) is 35.7 cm³/mol. The Hall–Kier alpha value is -0.570. The highest BCUT2D eigenvalue weighted by atomic mass is 16.5. The molecule has 1 rings (SSSR count). The van der Waals surface area contributed by atoms with Gasteiger partial charge in [0.1, 0.15) is 0 Å². The quantitative estimate of drug-likeness (QED) is 0.621. The van der Waals surface area contributed by atoms with Crippen LogP contribution in [0.1, 0.15) is 13.3 Å². The molecule has 0 aromatic heterocycles. The summed E-state index contributed by atoms with van der Waals surface area (Å²) in [4.78, 5) is 10.2. The molecule has 0 aromatic rings. The fraction of sp³-hybridized carbons (Fsp3) is 0.857. The fourth-order valence-corrected chi connectivity index (χ4v) is 1.19. The van der Waals surface area contributed by atoms with E-state index < -0.39 is 5.97 Å². The van der Waals surface area contributed by atoms with Crippen molar-refractivity contribution in [2.75, 3.05) is 13.2 Å². The lowest BCUT2D eigenvalue weighted by Crippen LogP contribution is -2.13. The van der Waals surface area contributed by atoms with E-state index in [9.17, 15) is 4.79 Å². The maximum absolute atomic E-state index is 10.2. The molecule has 0 amide bonds. The average molecular weight is 144 g/mol. The number of aliphatic carboxylic acids is 1. The minimum absolute atomic E-state index is 0.234. The van der Waals surface area contributed by atoms with Gasteiger partial charge >= 0.3 is 5.97 Å². The number of rotatable bonds is 2. The summed E-state index contributed by atoms with van der Waals surface area (Å²) < 4.78 is 5.11. The van der Waals surface area contributed by atoms with Gasteiger partial charge in [0.15, 0.2) is 0 Å². The molecule has 3 nitrogen and oxygen atoms in total. The molecule has 0 unspecified atom stereocenters. The third-order valence-electron chi connectivity index (χ3n) is 1.95. The summed E-state index contributed by atoms with van der Waals surface area (Å²) in [5.74, 6) is -0.0732. The van der Waals surface area contributed by atoms with E-state index in [1.54, 1.807) is 0 Å². The van der Waals surface area contributed by atoms with E-state index >= 15 is 0 Å². The van der Waals surface area contributed by atoms with Gasteiger partial charge < -0.3 is 9.84 Å². The van der Waals surface area contributed by atoms with Crippen molar-refractivity contribution in [1.29, 1.82) is 0 Å². The Morgan fingerprint density at radius 3 is 2.80 bits per heavy atom. The van der Waals surface area contributed by atoms with Crippen molar-refractivity contribution in [3.63, 3.8) is 0 Å². The molecular weight excluding hydrogens is 132 g/mol. The van der Waals surface area contributed by atoms with E-state index in [0.717, 1.165) is 6.61 Å². The van der Waals surface area contributed by atoms with E-state index in [2.05, 4.69) is 0 Å². The third kappa shape index (κ3) is 1.70. The van der Waals surface area contributed by atoms with Crippen LogP contribution >= 0.6 is 0 Å². The Kier molecular flexibility index (Phi) is 2.27. The van der Waals surface area contributed by atoms with Gasteiger partial charge in [0.2, 0.25) is 0 Å². The molecule has 1 fully saturated rings. The predicted octanol–water partition coefficient (Wildman–Crippen LogP) is 0.744. The summed E-state index contributed by atoms with van der Waals surface area (Å²) in [6.07, 6.45) is 0.251. The molecule has 1 aliphatic rings. The lowest BCUT2D eigenvalue weighted by atomic mass is 9.95. The van der Waals surface area contributed by atoms with Crippen molar-refractivity contribution in [1.82, 2.24) is 0 Å². The van der Waals surface area contributed by atoms with Gasteiger partial charge in [-0.2, -0.15) is 0 Å². The van der Waals surface area contributed by atoms with Crippen LogP contribution in [0.5, 0.6) is 0 Å². The zero-order chi connectivity index (χ0) is 7.56. The summed E-state index contributed by atoms with van der Waals surface area (Å²) in [6.45, 7) is 3.37. The Morgan fingerprint density at radius 2 is 2.40 bits per heavy atom. The first kappa shape index (κ1) is 7.54. The monoisotopic (exact) mass is 144 g/mol. The number of ether oxygens (including phenoxy) is 1. The average Bonchev–Trinajstić information content (AvgIpc) is 2.15. The molecule has 1 heterocycles. The van der Waals surface area contributed by atoms with E-state index in [-0.39, 0.29) is 12.3 Å². The van der Waals surface area contributed by atoms with Gasteiger partial charge in [-0.05, 0) is 11.8 Å². The summed E-state index contributed by atoms with van der Waals surface area (Å²) in [6, 6.07) is 0. The van der Waals surface area contributed by atoms with Crippen LogP contribution in [0.25, 0.3) is 0 Å². The van der Waals surface area contributed by atoms with Gasteiger partial charge in [-0.3, -0.25) is 4.79 Å². The molecule has 0 bridgehead atoms. The molecule has 1 aliphatic heterocycles. The Morgan fingerprint density at radius 1 is 1.70 bits per heavy atom. The minimum atomic E-state index is -0.720. The van der Waals surface area contributed by atoms with Crippen LogP contribution in [0.3, 0.4) is 0 Å². The molecule has 0 aromatic carbocycles. The molecule has 3 heteroatoms. The van der Waals surface area contributed by atoms with E-state index in [0.29, 0.717) is 12.5 Å². The van der Waals surface area contributed by atoms with Gasteiger partial charge in [-0.25, -0.2) is 0 Å². The van der Waals surface area contributed by atoms with Crippen LogP contribution in [0, 0.1) is 11.8 Å². The van der Waals surface area contributed by atoms with Crippen LogP contribution in [0.15, 0.2) is 0 Å². The van der Waals surface area contributed by atoms with E-state index in [1.165, 1.54) is 0 Å². The lowest BCUT2D eigenvalue weighted by molar-refractivity contribution is -0.138. The van der Waals surface area contributed by atoms with Crippen molar-refractivity contribution >= 4 is 5.97 Å². The molecule has 1 N–H and O–H groups in total. The number of carboxylic acids is 1. The van der Waals surface area contributed by atoms with Gasteiger partial charge in [0.05, 0.1) is 13.0 Å². The largest absolute Gasteiger partial charge is 0.481 e. The third-order valence-corrected chi connectivity index (χ3v) is 1.95. The standard InChI is InChI=1S/C7H12O3/c1-5-3-10-4-6(5)2-7(8)9/h5-6H,2-4H2,1H3,(H,8,9)/t5-,6+/m0/s1. The molecular formula is C7H12O3. The Bertz CT molecular complexity index is 133. The van der Waals surface area contributed by atoms with Gasteiger partial charge in [0, 0.05) is 6.61 Å². The maximum atomic E-state index is 10.2. The van der Waals surface area contributed by atoms with Crippen LogP contribution < -0.4 is 0 Å². The van der Waals surface area contributed by atoms with Gasteiger partial charge in [-0.1, -0.05) is 6.92 Å². The SMILES string of the molecule is C[C@H]1COC[C@H]1CC(=O)O. The van der Waals surface area contributed by atoms with Crippen molar-refractivity contribution in [2.24, 2.45) is 11.8 Å².